The molecule has 1 aliphatic heterocycles. The highest BCUT2D eigenvalue weighted by molar-refractivity contribution is 7.15. The molecule has 26 heavy (non-hydrogen) atoms. The van der Waals surface area contributed by atoms with Gasteiger partial charge >= 0.3 is 0 Å². The van der Waals surface area contributed by atoms with Crippen molar-refractivity contribution in [2.75, 3.05) is 24.6 Å². The molecule has 2 aromatic carbocycles. The van der Waals surface area contributed by atoms with Gasteiger partial charge in [0.1, 0.15) is 22.7 Å². The Morgan fingerprint density at radius 2 is 1.88 bits per heavy atom. The molecule has 3 aromatic rings. The number of halogens is 2. The van der Waals surface area contributed by atoms with Crippen LogP contribution >= 0.6 is 11.3 Å². The van der Waals surface area contributed by atoms with E-state index in [1.54, 1.807) is 24.3 Å². The average molecular weight is 373 g/mol. The SMILES string of the molecule is Fc1ccc(Cc2nnc(N3CCOC(c4ccccc4F)C3)s2)cc1. The van der Waals surface area contributed by atoms with Crippen LogP contribution in [-0.4, -0.2) is 29.9 Å². The molecule has 1 fully saturated rings. The van der Waals surface area contributed by atoms with Gasteiger partial charge in [-0.05, 0) is 23.8 Å². The molecule has 0 bridgehead atoms. The molecular weight excluding hydrogens is 356 g/mol. The standard InChI is InChI=1S/C19H17F2N3OS/c20-14-7-5-13(6-8-14)11-18-22-23-19(26-18)24-9-10-25-17(12-24)15-3-1-2-4-16(15)21/h1-8,17H,9-12H2. The Bertz CT molecular complexity index is 885. The maximum absolute atomic E-state index is 14.0. The molecule has 1 aromatic heterocycles. The first kappa shape index (κ1) is 17.1. The molecule has 0 amide bonds. The molecule has 4 nitrogen and oxygen atoms in total. The van der Waals surface area contributed by atoms with Crippen molar-refractivity contribution in [2.45, 2.75) is 12.5 Å². The zero-order valence-corrected chi connectivity index (χ0v) is 14.8. The van der Waals surface area contributed by atoms with Crippen molar-refractivity contribution >= 4 is 16.5 Å². The molecule has 1 unspecified atom stereocenters. The zero-order valence-electron chi connectivity index (χ0n) is 13.9. The van der Waals surface area contributed by atoms with Gasteiger partial charge in [0, 0.05) is 18.5 Å². The first-order chi connectivity index (χ1) is 12.7. The Kier molecular flexibility index (Phi) is 4.90. The summed E-state index contributed by atoms with van der Waals surface area (Å²) >= 11 is 1.50. The van der Waals surface area contributed by atoms with Gasteiger partial charge in [0.05, 0.1) is 13.2 Å². The minimum absolute atomic E-state index is 0.251. The van der Waals surface area contributed by atoms with Gasteiger partial charge < -0.3 is 9.64 Å². The number of rotatable bonds is 4. The van der Waals surface area contributed by atoms with Gasteiger partial charge in [-0.25, -0.2) is 8.78 Å². The summed E-state index contributed by atoms with van der Waals surface area (Å²) in [6.07, 6.45) is 0.286. The Labute approximate surface area is 154 Å². The third-order valence-electron chi connectivity index (χ3n) is 4.31. The van der Waals surface area contributed by atoms with Crippen molar-refractivity contribution in [1.82, 2.24) is 10.2 Å². The van der Waals surface area contributed by atoms with Gasteiger partial charge in [0.25, 0.3) is 0 Å². The number of nitrogens with zero attached hydrogens (tertiary/aromatic N) is 3. The second-order valence-electron chi connectivity index (χ2n) is 6.11. The van der Waals surface area contributed by atoms with Crippen LogP contribution in [0.15, 0.2) is 48.5 Å². The van der Waals surface area contributed by atoms with Gasteiger partial charge in [-0.1, -0.05) is 41.7 Å². The van der Waals surface area contributed by atoms with Gasteiger partial charge in [-0.15, -0.1) is 10.2 Å². The van der Waals surface area contributed by atoms with Gasteiger partial charge in [-0.2, -0.15) is 0 Å². The third-order valence-corrected chi connectivity index (χ3v) is 5.30. The van der Waals surface area contributed by atoms with E-state index < -0.39 is 0 Å². The predicted molar refractivity (Wildman–Crippen MR) is 96.4 cm³/mol. The number of aromatic nitrogens is 2. The van der Waals surface area contributed by atoms with E-state index in [-0.39, 0.29) is 17.7 Å². The van der Waals surface area contributed by atoms with Crippen LogP contribution in [-0.2, 0) is 11.2 Å². The van der Waals surface area contributed by atoms with Crippen molar-refractivity contribution in [3.8, 4) is 0 Å². The minimum Gasteiger partial charge on any atom is -0.370 e. The van der Waals surface area contributed by atoms with Crippen molar-refractivity contribution < 1.29 is 13.5 Å². The number of morpholine rings is 1. The maximum atomic E-state index is 14.0. The summed E-state index contributed by atoms with van der Waals surface area (Å²) in [5, 5.41) is 10.2. The van der Waals surface area contributed by atoms with Crippen LogP contribution < -0.4 is 4.90 Å². The molecule has 0 spiro atoms. The van der Waals surface area contributed by atoms with Crippen LogP contribution in [0.1, 0.15) is 22.2 Å². The fourth-order valence-corrected chi connectivity index (χ4v) is 3.88. The largest absolute Gasteiger partial charge is 0.370 e. The summed E-state index contributed by atoms with van der Waals surface area (Å²) in [6, 6.07) is 13.1. The van der Waals surface area contributed by atoms with Crippen molar-refractivity contribution in [1.29, 1.82) is 0 Å². The quantitative estimate of drug-likeness (QED) is 0.693. The Hall–Kier alpha value is -2.38. The summed E-state index contributed by atoms with van der Waals surface area (Å²) in [5.74, 6) is -0.507. The molecule has 4 rings (SSSR count). The normalized spacial score (nSPS) is 17.5. The molecule has 0 N–H and O–H groups in total. The molecule has 7 heteroatoms. The highest BCUT2D eigenvalue weighted by Gasteiger charge is 2.26. The lowest BCUT2D eigenvalue weighted by molar-refractivity contribution is 0.0375. The van der Waals surface area contributed by atoms with E-state index in [0.717, 1.165) is 15.7 Å². The van der Waals surface area contributed by atoms with E-state index in [1.807, 2.05) is 6.07 Å². The molecule has 2 heterocycles. The number of hydrogen-bond donors (Lipinski definition) is 0. The predicted octanol–water partition coefficient (Wildman–Crippen LogP) is 3.99. The minimum atomic E-state index is -0.325. The third kappa shape index (κ3) is 3.73. The lowest BCUT2D eigenvalue weighted by Crippen LogP contribution is -2.38. The topological polar surface area (TPSA) is 38.2 Å². The number of anilines is 1. The number of benzene rings is 2. The van der Waals surface area contributed by atoms with Crippen molar-refractivity contribution in [2.24, 2.45) is 0 Å². The average Bonchev–Trinajstić information content (AvgIpc) is 3.13. The summed E-state index contributed by atoms with van der Waals surface area (Å²) in [4.78, 5) is 2.08. The van der Waals surface area contributed by atoms with E-state index in [1.165, 1.54) is 29.5 Å². The van der Waals surface area contributed by atoms with Crippen LogP contribution in [0.25, 0.3) is 0 Å². The van der Waals surface area contributed by atoms with Gasteiger partial charge in [0.15, 0.2) is 0 Å². The Morgan fingerprint density at radius 1 is 1.08 bits per heavy atom. The molecular formula is C19H17F2N3OS. The van der Waals surface area contributed by atoms with E-state index in [2.05, 4.69) is 15.1 Å². The highest BCUT2D eigenvalue weighted by Crippen LogP contribution is 2.29. The fraction of sp³-hybridized carbons (Fsp3) is 0.263. The van der Waals surface area contributed by atoms with Crippen LogP contribution in [0.3, 0.4) is 0 Å². The lowest BCUT2D eigenvalue weighted by Gasteiger charge is -2.32. The summed E-state index contributed by atoms with van der Waals surface area (Å²) in [6.45, 7) is 1.73. The first-order valence-corrected chi connectivity index (χ1v) is 9.18. The van der Waals surface area contributed by atoms with Crippen LogP contribution in [0, 0.1) is 11.6 Å². The summed E-state index contributed by atoms with van der Waals surface area (Å²) < 4.78 is 32.8. The number of hydrogen-bond acceptors (Lipinski definition) is 5. The van der Waals surface area contributed by atoms with Crippen molar-refractivity contribution in [3.05, 3.63) is 76.3 Å². The maximum Gasteiger partial charge on any atom is 0.208 e. The highest BCUT2D eigenvalue weighted by atomic mass is 32.1. The second-order valence-corrected chi connectivity index (χ2v) is 7.15. The molecule has 1 aliphatic rings. The second kappa shape index (κ2) is 7.47. The molecule has 0 aliphatic carbocycles. The molecule has 0 saturated carbocycles. The first-order valence-electron chi connectivity index (χ1n) is 8.37. The Balaban J connectivity index is 1.47. The molecule has 1 saturated heterocycles. The van der Waals surface area contributed by atoms with Crippen LogP contribution in [0.4, 0.5) is 13.9 Å². The van der Waals surface area contributed by atoms with Gasteiger partial charge in [-0.3, -0.25) is 0 Å². The lowest BCUT2D eigenvalue weighted by atomic mass is 10.1. The molecule has 0 radical (unpaired) electrons. The zero-order chi connectivity index (χ0) is 17.9. The fourth-order valence-electron chi connectivity index (χ4n) is 2.97. The van der Waals surface area contributed by atoms with Crippen molar-refractivity contribution in [3.63, 3.8) is 0 Å². The van der Waals surface area contributed by atoms with E-state index in [9.17, 15) is 8.78 Å². The summed E-state index contributed by atoms with van der Waals surface area (Å²) in [7, 11) is 0. The van der Waals surface area contributed by atoms with Gasteiger partial charge in [0.2, 0.25) is 5.13 Å². The summed E-state index contributed by atoms with van der Waals surface area (Å²) in [5.41, 5.74) is 1.55. The smallest absolute Gasteiger partial charge is 0.208 e. The molecule has 134 valence electrons. The van der Waals surface area contributed by atoms with Crippen LogP contribution in [0.2, 0.25) is 0 Å². The molecule has 1 atom stereocenters. The monoisotopic (exact) mass is 373 g/mol. The van der Waals surface area contributed by atoms with E-state index >= 15 is 0 Å². The van der Waals surface area contributed by atoms with E-state index in [4.69, 9.17) is 4.74 Å². The van der Waals surface area contributed by atoms with E-state index in [0.29, 0.717) is 31.7 Å². The number of ether oxygens (including phenoxy) is 1. The Morgan fingerprint density at radius 3 is 2.69 bits per heavy atom. The van der Waals surface area contributed by atoms with Crippen LogP contribution in [0.5, 0.6) is 0 Å².